The average molecular weight is 367 g/mol. The van der Waals surface area contributed by atoms with Crippen molar-refractivity contribution in [2.45, 2.75) is 71.6 Å². The molecule has 0 aliphatic rings. The number of ether oxygens (including phenoxy) is 1. The monoisotopic (exact) mass is 366 g/mol. The van der Waals surface area contributed by atoms with Crippen molar-refractivity contribution in [2.75, 3.05) is 6.61 Å². The highest BCUT2D eigenvalue weighted by molar-refractivity contribution is 5.91. The fraction of sp³-hybridized carbons (Fsp3) is 0.480. The molecule has 0 bridgehead atoms. The first kappa shape index (κ1) is 21.2. The van der Waals surface area contributed by atoms with Gasteiger partial charge >= 0.3 is 5.97 Å². The van der Waals surface area contributed by atoms with Crippen molar-refractivity contribution in [1.29, 1.82) is 0 Å². The van der Waals surface area contributed by atoms with E-state index in [2.05, 4.69) is 38.1 Å². The number of rotatable bonds is 12. The maximum Gasteiger partial charge on any atom is 0.338 e. The zero-order chi connectivity index (χ0) is 19.3. The van der Waals surface area contributed by atoms with E-state index >= 15 is 0 Å². The van der Waals surface area contributed by atoms with Gasteiger partial charge in [0, 0.05) is 0 Å². The number of esters is 1. The van der Waals surface area contributed by atoms with Crippen LogP contribution in [0.25, 0.3) is 11.1 Å². The Labute approximate surface area is 165 Å². The first-order valence-electron chi connectivity index (χ1n) is 10.6. The van der Waals surface area contributed by atoms with Crippen molar-refractivity contribution >= 4 is 5.97 Å². The van der Waals surface area contributed by atoms with Crippen LogP contribution < -0.4 is 0 Å². The molecule has 0 radical (unpaired) electrons. The second-order valence-corrected chi connectivity index (χ2v) is 7.28. The SMILES string of the molecule is CCCCCCOC(=O)c1cccc(-c2ccc(CCCCCC)cc2)c1. The van der Waals surface area contributed by atoms with Gasteiger partial charge in [-0.3, -0.25) is 0 Å². The van der Waals surface area contributed by atoms with Crippen LogP contribution in [0.1, 0.15) is 81.1 Å². The van der Waals surface area contributed by atoms with Crippen LogP contribution in [-0.4, -0.2) is 12.6 Å². The van der Waals surface area contributed by atoms with Crippen molar-refractivity contribution in [3.8, 4) is 11.1 Å². The minimum absolute atomic E-state index is 0.221. The largest absolute Gasteiger partial charge is 0.462 e. The van der Waals surface area contributed by atoms with Crippen LogP contribution in [0.15, 0.2) is 48.5 Å². The van der Waals surface area contributed by atoms with Crippen LogP contribution in [0, 0.1) is 0 Å². The van der Waals surface area contributed by atoms with Gasteiger partial charge in [0.05, 0.1) is 12.2 Å². The molecule has 146 valence electrons. The third-order valence-electron chi connectivity index (χ3n) is 4.94. The van der Waals surface area contributed by atoms with E-state index in [1.807, 2.05) is 24.3 Å². The van der Waals surface area contributed by atoms with Crippen LogP contribution in [0.3, 0.4) is 0 Å². The molecule has 2 aromatic rings. The molecule has 0 aliphatic carbocycles. The molecule has 2 nitrogen and oxygen atoms in total. The van der Waals surface area contributed by atoms with Gasteiger partial charge < -0.3 is 4.74 Å². The molecule has 0 N–H and O–H groups in total. The van der Waals surface area contributed by atoms with Crippen molar-refractivity contribution < 1.29 is 9.53 Å². The minimum atomic E-state index is -0.221. The maximum absolute atomic E-state index is 12.3. The Balaban J connectivity index is 1.91. The summed E-state index contributed by atoms with van der Waals surface area (Å²) in [5.74, 6) is -0.221. The topological polar surface area (TPSA) is 26.3 Å². The molecule has 0 aliphatic heterocycles. The summed E-state index contributed by atoms with van der Waals surface area (Å²) in [6.07, 6.45) is 10.7. The Morgan fingerprint density at radius 1 is 0.778 bits per heavy atom. The quantitative estimate of drug-likeness (QED) is 0.293. The smallest absolute Gasteiger partial charge is 0.338 e. The van der Waals surface area contributed by atoms with Gasteiger partial charge in [0.1, 0.15) is 0 Å². The maximum atomic E-state index is 12.3. The van der Waals surface area contributed by atoms with Gasteiger partial charge in [0.25, 0.3) is 0 Å². The number of unbranched alkanes of at least 4 members (excludes halogenated alkanes) is 6. The van der Waals surface area contributed by atoms with Gasteiger partial charge in [-0.2, -0.15) is 0 Å². The highest BCUT2D eigenvalue weighted by atomic mass is 16.5. The zero-order valence-corrected chi connectivity index (χ0v) is 17.0. The van der Waals surface area contributed by atoms with Crippen molar-refractivity contribution in [3.05, 3.63) is 59.7 Å². The van der Waals surface area contributed by atoms with E-state index in [1.54, 1.807) is 0 Å². The first-order valence-corrected chi connectivity index (χ1v) is 10.6. The predicted molar refractivity (Wildman–Crippen MR) is 114 cm³/mol. The molecule has 27 heavy (non-hydrogen) atoms. The number of benzene rings is 2. The van der Waals surface area contributed by atoms with Crippen LogP contribution in [0.4, 0.5) is 0 Å². The third kappa shape index (κ3) is 7.58. The summed E-state index contributed by atoms with van der Waals surface area (Å²) in [6.45, 7) is 4.93. The molecule has 0 saturated heterocycles. The second-order valence-electron chi connectivity index (χ2n) is 7.28. The highest BCUT2D eigenvalue weighted by Crippen LogP contribution is 2.22. The summed E-state index contributed by atoms with van der Waals surface area (Å²) >= 11 is 0. The van der Waals surface area contributed by atoms with Crippen LogP contribution in [-0.2, 0) is 11.2 Å². The molecule has 0 aromatic heterocycles. The Kier molecular flexibility index (Phi) is 9.68. The standard InChI is InChI=1S/C25H34O2/c1-3-5-7-9-12-21-15-17-22(18-16-21)23-13-11-14-24(20-23)25(26)27-19-10-8-6-4-2/h11,13-18,20H,3-10,12,19H2,1-2H3. The number of carbonyl (C=O) groups is 1. The van der Waals surface area contributed by atoms with E-state index in [0.717, 1.165) is 30.4 Å². The normalized spacial score (nSPS) is 10.7. The van der Waals surface area contributed by atoms with E-state index < -0.39 is 0 Å². The van der Waals surface area contributed by atoms with E-state index in [0.29, 0.717) is 12.2 Å². The molecule has 0 spiro atoms. The summed E-state index contributed by atoms with van der Waals surface area (Å²) in [5, 5.41) is 0. The van der Waals surface area contributed by atoms with Gasteiger partial charge in [-0.05, 0) is 48.1 Å². The Morgan fingerprint density at radius 3 is 2.19 bits per heavy atom. The van der Waals surface area contributed by atoms with Crippen molar-refractivity contribution in [2.24, 2.45) is 0 Å². The molecule has 0 unspecified atom stereocenters. The zero-order valence-electron chi connectivity index (χ0n) is 17.0. The molecule has 2 rings (SSSR count). The summed E-state index contributed by atoms with van der Waals surface area (Å²) in [7, 11) is 0. The fourth-order valence-corrected chi connectivity index (χ4v) is 3.22. The van der Waals surface area contributed by atoms with E-state index in [-0.39, 0.29) is 5.97 Å². The Bertz CT molecular complexity index is 673. The van der Waals surface area contributed by atoms with Crippen LogP contribution in [0.2, 0.25) is 0 Å². The lowest BCUT2D eigenvalue weighted by molar-refractivity contribution is 0.0498. The van der Waals surface area contributed by atoms with Gasteiger partial charge in [-0.15, -0.1) is 0 Å². The molecule has 0 saturated carbocycles. The third-order valence-corrected chi connectivity index (χ3v) is 4.94. The first-order chi connectivity index (χ1) is 13.2. The summed E-state index contributed by atoms with van der Waals surface area (Å²) in [4.78, 5) is 12.3. The van der Waals surface area contributed by atoms with Crippen molar-refractivity contribution in [3.63, 3.8) is 0 Å². The molecule has 2 aromatic carbocycles. The van der Waals surface area contributed by atoms with E-state index in [4.69, 9.17) is 4.74 Å². The fourth-order valence-electron chi connectivity index (χ4n) is 3.22. The number of hydrogen-bond acceptors (Lipinski definition) is 2. The average Bonchev–Trinajstić information content (AvgIpc) is 2.71. The molecule has 0 fully saturated rings. The number of aryl methyl sites for hydroxylation is 1. The lowest BCUT2D eigenvalue weighted by Gasteiger charge is -2.08. The van der Waals surface area contributed by atoms with E-state index in [1.165, 1.54) is 44.1 Å². The number of hydrogen-bond donors (Lipinski definition) is 0. The highest BCUT2D eigenvalue weighted by Gasteiger charge is 2.08. The number of carbonyl (C=O) groups excluding carboxylic acids is 1. The van der Waals surface area contributed by atoms with Crippen LogP contribution >= 0.6 is 0 Å². The second kappa shape index (κ2) is 12.3. The summed E-state index contributed by atoms with van der Waals surface area (Å²) in [5.41, 5.74) is 4.22. The molecule has 0 atom stereocenters. The van der Waals surface area contributed by atoms with E-state index in [9.17, 15) is 4.79 Å². The Hall–Kier alpha value is -2.09. The lowest BCUT2D eigenvalue weighted by atomic mass is 10.00. The molecule has 2 heteroatoms. The summed E-state index contributed by atoms with van der Waals surface area (Å²) in [6, 6.07) is 16.5. The van der Waals surface area contributed by atoms with Gasteiger partial charge in [0.2, 0.25) is 0 Å². The predicted octanol–water partition coefficient (Wildman–Crippen LogP) is 7.21. The Morgan fingerprint density at radius 2 is 1.48 bits per heavy atom. The van der Waals surface area contributed by atoms with Gasteiger partial charge in [0.15, 0.2) is 0 Å². The summed E-state index contributed by atoms with van der Waals surface area (Å²) < 4.78 is 5.41. The molecule has 0 heterocycles. The molecular formula is C25H34O2. The van der Waals surface area contributed by atoms with Crippen molar-refractivity contribution in [1.82, 2.24) is 0 Å². The molecule has 0 amide bonds. The lowest BCUT2D eigenvalue weighted by Crippen LogP contribution is -2.06. The van der Waals surface area contributed by atoms with Gasteiger partial charge in [-0.25, -0.2) is 4.79 Å². The van der Waals surface area contributed by atoms with Gasteiger partial charge in [-0.1, -0.05) is 88.8 Å². The molecular weight excluding hydrogens is 332 g/mol. The van der Waals surface area contributed by atoms with Crippen LogP contribution in [0.5, 0.6) is 0 Å². The minimum Gasteiger partial charge on any atom is -0.462 e.